The number of nitrogens with one attached hydrogen (secondary N) is 1. The van der Waals surface area contributed by atoms with Crippen molar-refractivity contribution in [1.82, 2.24) is 5.32 Å². The molecule has 0 saturated heterocycles. The first-order valence-corrected chi connectivity index (χ1v) is 12.6. The summed E-state index contributed by atoms with van der Waals surface area (Å²) in [6.07, 6.45) is 0. The first kappa shape index (κ1) is 26.5. The number of nitro groups is 1. The van der Waals surface area contributed by atoms with Crippen molar-refractivity contribution in [1.29, 1.82) is 0 Å². The molecule has 0 aliphatic rings. The van der Waals surface area contributed by atoms with Gasteiger partial charge in [0.15, 0.2) is 0 Å². The summed E-state index contributed by atoms with van der Waals surface area (Å²) in [5, 5.41) is 14.1. The number of rotatable bonds is 10. The highest BCUT2D eigenvalue weighted by molar-refractivity contribution is 8.00. The van der Waals surface area contributed by atoms with E-state index in [1.54, 1.807) is 23.9 Å². The predicted molar refractivity (Wildman–Crippen MR) is 131 cm³/mol. The molecule has 0 atom stereocenters. The second-order valence-electron chi connectivity index (χ2n) is 8.23. The quantitative estimate of drug-likeness (QED) is 0.303. The first-order valence-electron chi connectivity index (χ1n) is 10.2. The number of hydrogen-bond acceptors (Lipinski definition) is 7. The monoisotopic (exact) mass is 495 g/mol. The lowest BCUT2D eigenvalue weighted by Gasteiger charge is -2.24. The standard InChI is InChI=1S/C22H29N3O6S2/c1-16-6-11-19(14-20(16)25(27)28)33(29,30)24(17-7-9-18(31-5)10-8-17)15-21(26)23-12-13-32-22(2,3)4/h6-11,14H,12-13,15H2,1-5H3,(H,23,26). The van der Waals surface area contributed by atoms with Crippen LogP contribution < -0.4 is 14.4 Å². The Bertz CT molecular complexity index is 1100. The van der Waals surface area contributed by atoms with Gasteiger partial charge in [-0.25, -0.2) is 8.42 Å². The molecule has 11 heteroatoms. The molecular formula is C22H29N3O6S2. The van der Waals surface area contributed by atoms with E-state index < -0.39 is 27.4 Å². The van der Waals surface area contributed by atoms with Crippen molar-refractivity contribution in [2.45, 2.75) is 37.3 Å². The summed E-state index contributed by atoms with van der Waals surface area (Å²) in [6, 6.07) is 9.87. The van der Waals surface area contributed by atoms with Gasteiger partial charge < -0.3 is 10.1 Å². The Morgan fingerprint density at radius 1 is 1.18 bits per heavy atom. The van der Waals surface area contributed by atoms with Crippen molar-refractivity contribution in [3.05, 3.63) is 58.1 Å². The minimum Gasteiger partial charge on any atom is -0.497 e. The minimum absolute atomic E-state index is 0.0450. The number of sulfonamides is 1. The molecule has 0 aliphatic carbocycles. The molecule has 0 heterocycles. The van der Waals surface area contributed by atoms with Gasteiger partial charge in [-0.2, -0.15) is 11.8 Å². The van der Waals surface area contributed by atoms with Gasteiger partial charge in [0.05, 0.1) is 22.6 Å². The number of nitro benzene ring substituents is 1. The number of methoxy groups -OCH3 is 1. The van der Waals surface area contributed by atoms with Crippen molar-refractivity contribution in [3.8, 4) is 5.75 Å². The fraction of sp³-hybridized carbons (Fsp3) is 0.409. The van der Waals surface area contributed by atoms with Gasteiger partial charge in [-0.3, -0.25) is 19.2 Å². The van der Waals surface area contributed by atoms with E-state index in [4.69, 9.17) is 4.74 Å². The van der Waals surface area contributed by atoms with E-state index in [0.717, 1.165) is 10.4 Å². The summed E-state index contributed by atoms with van der Waals surface area (Å²) in [5.41, 5.74) is 0.261. The normalized spacial score (nSPS) is 11.7. The van der Waals surface area contributed by atoms with Gasteiger partial charge in [0.25, 0.3) is 15.7 Å². The number of thioether (sulfide) groups is 1. The third-order valence-corrected chi connectivity index (χ3v) is 7.62. The van der Waals surface area contributed by atoms with Gasteiger partial charge in [-0.1, -0.05) is 26.8 Å². The van der Waals surface area contributed by atoms with Gasteiger partial charge >= 0.3 is 0 Å². The van der Waals surface area contributed by atoms with E-state index >= 15 is 0 Å². The van der Waals surface area contributed by atoms with Crippen LogP contribution in [-0.4, -0.2) is 49.9 Å². The average molecular weight is 496 g/mol. The molecule has 0 bridgehead atoms. The van der Waals surface area contributed by atoms with Crippen LogP contribution in [0, 0.1) is 17.0 Å². The van der Waals surface area contributed by atoms with Gasteiger partial charge in [0.2, 0.25) is 5.91 Å². The number of amides is 1. The molecular weight excluding hydrogens is 466 g/mol. The van der Waals surface area contributed by atoms with Crippen LogP contribution in [0.15, 0.2) is 47.4 Å². The highest BCUT2D eigenvalue weighted by atomic mass is 32.2. The zero-order valence-electron chi connectivity index (χ0n) is 19.3. The maximum Gasteiger partial charge on any atom is 0.273 e. The highest BCUT2D eigenvalue weighted by Gasteiger charge is 2.29. The molecule has 9 nitrogen and oxygen atoms in total. The van der Waals surface area contributed by atoms with E-state index in [1.807, 2.05) is 0 Å². The molecule has 0 saturated carbocycles. The van der Waals surface area contributed by atoms with Crippen LogP contribution in [0.25, 0.3) is 0 Å². The van der Waals surface area contributed by atoms with Gasteiger partial charge in [-0.05, 0) is 37.3 Å². The fourth-order valence-corrected chi connectivity index (χ4v) is 5.13. The Balaban J connectivity index is 2.35. The maximum absolute atomic E-state index is 13.5. The van der Waals surface area contributed by atoms with Gasteiger partial charge in [0, 0.05) is 28.7 Å². The number of aryl methyl sites for hydroxylation is 1. The van der Waals surface area contributed by atoms with E-state index in [2.05, 4.69) is 26.1 Å². The van der Waals surface area contributed by atoms with E-state index in [1.165, 1.54) is 38.3 Å². The van der Waals surface area contributed by atoms with Crippen LogP contribution in [0.1, 0.15) is 26.3 Å². The Hall–Kier alpha value is -2.79. The van der Waals surface area contributed by atoms with Crippen molar-refractivity contribution in [3.63, 3.8) is 0 Å². The SMILES string of the molecule is COc1ccc(N(CC(=O)NCCSC(C)(C)C)S(=O)(=O)c2ccc(C)c([N+](=O)[O-])c2)cc1. The Labute approximate surface area is 198 Å². The number of carbonyl (C=O) groups excluding carboxylic acids is 1. The molecule has 0 fully saturated rings. The molecule has 2 aromatic rings. The molecule has 1 amide bonds. The number of benzene rings is 2. The molecule has 1 N–H and O–H groups in total. The number of hydrogen-bond donors (Lipinski definition) is 1. The summed E-state index contributed by atoms with van der Waals surface area (Å²) in [6.45, 7) is 7.64. The second kappa shape index (κ2) is 10.9. The Kier molecular flexibility index (Phi) is 8.73. The summed E-state index contributed by atoms with van der Waals surface area (Å²) in [5.74, 6) is 0.713. The zero-order chi connectivity index (χ0) is 24.8. The molecule has 2 rings (SSSR count). The van der Waals surface area contributed by atoms with Crippen LogP contribution in [0.3, 0.4) is 0 Å². The average Bonchev–Trinajstić information content (AvgIpc) is 2.74. The van der Waals surface area contributed by atoms with Gasteiger partial charge in [-0.15, -0.1) is 0 Å². The van der Waals surface area contributed by atoms with Crippen molar-refractivity contribution in [2.75, 3.05) is 30.3 Å². The van der Waals surface area contributed by atoms with Crippen molar-refractivity contribution >= 4 is 39.1 Å². The van der Waals surface area contributed by atoms with Crippen molar-refractivity contribution < 1.29 is 22.9 Å². The van der Waals surface area contributed by atoms with E-state index in [0.29, 0.717) is 23.6 Å². The van der Waals surface area contributed by atoms with Crippen LogP contribution in [0.2, 0.25) is 0 Å². The summed E-state index contributed by atoms with van der Waals surface area (Å²) >= 11 is 1.68. The van der Waals surface area contributed by atoms with E-state index in [-0.39, 0.29) is 21.0 Å². The van der Waals surface area contributed by atoms with Crippen LogP contribution in [-0.2, 0) is 14.8 Å². The second-order valence-corrected chi connectivity index (χ2v) is 12.0. The zero-order valence-corrected chi connectivity index (χ0v) is 21.0. The Morgan fingerprint density at radius 2 is 1.82 bits per heavy atom. The highest BCUT2D eigenvalue weighted by Crippen LogP contribution is 2.29. The summed E-state index contributed by atoms with van der Waals surface area (Å²) < 4.78 is 33.0. The summed E-state index contributed by atoms with van der Waals surface area (Å²) in [4.78, 5) is 23.0. The van der Waals surface area contributed by atoms with Crippen LogP contribution in [0.5, 0.6) is 5.75 Å². The summed E-state index contributed by atoms with van der Waals surface area (Å²) in [7, 11) is -2.79. The molecule has 0 unspecified atom stereocenters. The fourth-order valence-electron chi connectivity index (χ4n) is 2.87. The van der Waals surface area contributed by atoms with Gasteiger partial charge in [0.1, 0.15) is 12.3 Å². The third-order valence-electron chi connectivity index (χ3n) is 4.57. The van der Waals surface area contributed by atoms with E-state index in [9.17, 15) is 23.3 Å². The lowest BCUT2D eigenvalue weighted by atomic mass is 10.2. The maximum atomic E-state index is 13.5. The minimum atomic E-state index is -4.27. The molecule has 0 radical (unpaired) electrons. The number of anilines is 1. The molecule has 2 aromatic carbocycles. The largest absolute Gasteiger partial charge is 0.497 e. The van der Waals surface area contributed by atoms with Crippen molar-refractivity contribution in [2.24, 2.45) is 0 Å². The lowest BCUT2D eigenvalue weighted by molar-refractivity contribution is -0.385. The molecule has 0 aliphatic heterocycles. The molecule has 0 spiro atoms. The predicted octanol–water partition coefficient (Wildman–Crippen LogP) is 3.76. The number of carbonyl (C=O) groups is 1. The van der Waals surface area contributed by atoms with Crippen LogP contribution in [0.4, 0.5) is 11.4 Å². The Morgan fingerprint density at radius 3 is 2.36 bits per heavy atom. The smallest absolute Gasteiger partial charge is 0.273 e. The number of ether oxygens (including phenoxy) is 1. The topological polar surface area (TPSA) is 119 Å². The third kappa shape index (κ3) is 7.36. The lowest BCUT2D eigenvalue weighted by Crippen LogP contribution is -2.41. The van der Waals surface area contributed by atoms with Crippen LogP contribution >= 0.6 is 11.8 Å². The molecule has 33 heavy (non-hydrogen) atoms. The number of nitrogens with zero attached hydrogens (tertiary/aromatic N) is 2. The first-order chi connectivity index (χ1) is 15.3. The molecule has 0 aromatic heterocycles. The molecule has 180 valence electrons.